The average Bonchev–Trinajstić information content (AvgIpc) is 2.15. The molecule has 102 valence electrons. The number of hydrogen-bond acceptors (Lipinski definition) is 3. The molecule has 6 heteroatoms. The first-order valence-corrected chi connectivity index (χ1v) is 7.99. The van der Waals surface area contributed by atoms with E-state index in [1.807, 2.05) is 0 Å². The van der Waals surface area contributed by atoms with Gasteiger partial charge in [-0.2, -0.15) is 0 Å². The first kappa shape index (κ1) is 14.8. The van der Waals surface area contributed by atoms with Crippen molar-refractivity contribution in [2.45, 2.75) is 50.6 Å². The highest BCUT2D eigenvalue weighted by Gasteiger charge is 2.36. The van der Waals surface area contributed by atoms with Gasteiger partial charge in [-0.25, -0.2) is 17.2 Å². The molecule has 0 aromatic carbocycles. The zero-order valence-corrected chi connectivity index (χ0v) is 10.8. The topological polar surface area (TPSA) is 54.4 Å². The van der Waals surface area contributed by atoms with Gasteiger partial charge in [0.15, 0.2) is 0 Å². The van der Waals surface area contributed by atoms with Crippen molar-refractivity contribution in [2.75, 3.05) is 12.0 Å². The van der Waals surface area contributed by atoms with E-state index in [1.54, 1.807) is 0 Å². The SMILES string of the molecule is CS(=O)(=O)CCCC(O)C1CCC(F)(F)CC1. The quantitative estimate of drug-likeness (QED) is 0.831. The molecule has 1 aliphatic carbocycles. The second-order valence-corrected chi connectivity index (χ2v) is 7.29. The third-order valence-electron chi connectivity index (χ3n) is 3.32. The third-order valence-corrected chi connectivity index (χ3v) is 4.35. The van der Waals surface area contributed by atoms with Crippen LogP contribution < -0.4 is 0 Å². The highest BCUT2D eigenvalue weighted by Crippen LogP contribution is 2.38. The first-order valence-electron chi connectivity index (χ1n) is 5.93. The van der Waals surface area contributed by atoms with Crippen LogP contribution in [0.1, 0.15) is 38.5 Å². The molecule has 1 rings (SSSR count). The minimum absolute atomic E-state index is 0.0486. The van der Waals surface area contributed by atoms with Crippen molar-refractivity contribution < 1.29 is 22.3 Å². The predicted octanol–water partition coefficient (Wildman–Crippen LogP) is 2.00. The fraction of sp³-hybridized carbons (Fsp3) is 1.00. The molecule has 1 saturated carbocycles. The van der Waals surface area contributed by atoms with Crippen LogP contribution in [0.3, 0.4) is 0 Å². The summed E-state index contributed by atoms with van der Waals surface area (Å²) in [6, 6.07) is 0. The number of alkyl halides is 2. The highest BCUT2D eigenvalue weighted by atomic mass is 32.2. The normalized spacial score (nSPS) is 23.5. The van der Waals surface area contributed by atoms with Crippen LogP contribution >= 0.6 is 0 Å². The number of halogens is 2. The zero-order valence-electron chi connectivity index (χ0n) is 10.0. The lowest BCUT2D eigenvalue weighted by Gasteiger charge is -2.31. The summed E-state index contributed by atoms with van der Waals surface area (Å²) >= 11 is 0. The van der Waals surface area contributed by atoms with Crippen molar-refractivity contribution >= 4 is 9.84 Å². The van der Waals surface area contributed by atoms with E-state index < -0.39 is 21.9 Å². The Morgan fingerprint density at radius 2 is 1.88 bits per heavy atom. The molecule has 1 N–H and O–H groups in total. The summed E-state index contributed by atoms with van der Waals surface area (Å²) in [6.45, 7) is 0. The molecule has 0 aromatic heterocycles. The predicted molar refractivity (Wildman–Crippen MR) is 61.9 cm³/mol. The van der Waals surface area contributed by atoms with Crippen molar-refractivity contribution in [3.05, 3.63) is 0 Å². The standard InChI is InChI=1S/C11H20F2O3S/c1-17(15,16)8-2-3-10(14)9-4-6-11(12,13)7-5-9/h9-10,14H,2-8H2,1H3. The molecule has 1 aliphatic rings. The molecule has 0 spiro atoms. The third kappa shape index (κ3) is 5.77. The van der Waals surface area contributed by atoms with Crippen molar-refractivity contribution in [1.29, 1.82) is 0 Å². The molecular weight excluding hydrogens is 250 g/mol. The van der Waals surface area contributed by atoms with E-state index in [1.165, 1.54) is 0 Å². The first-order chi connectivity index (χ1) is 7.70. The Balaban J connectivity index is 2.27. The van der Waals surface area contributed by atoms with Crippen LogP contribution in [0.25, 0.3) is 0 Å². The van der Waals surface area contributed by atoms with E-state index in [0.29, 0.717) is 25.7 Å². The van der Waals surface area contributed by atoms with Crippen LogP contribution in [0.4, 0.5) is 8.78 Å². The zero-order chi connectivity index (χ0) is 13.1. The van der Waals surface area contributed by atoms with Crippen molar-refractivity contribution in [3.63, 3.8) is 0 Å². The van der Waals surface area contributed by atoms with Crippen LogP contribution in [-0.2, 0) is 9.84 Å². The molecule has 0 aromatic rings. The molecule has 17 heavy (non-hydrogen) atoms. The molecule has 1 atom stereocenters. The second-order valence-electron chi connectivity index (χ2n) is 5.03. The second kappa shape index (κ2) is 5.61. The van der Waals surface area contributed by atoms with Crippen molar-refractivity contribution in [3.8, 4) is 0 Å². The van der Waals surface area contributed by atoms with E-state index in [9.17, 15) is 22.3 Å². The highest BCUT2D eigenvalue weighted by molar-refractivity contribution is 7.90. The molecule has 0 bridgehead atoms. The molecule has 0 saturated heterocycles. The lowest BCUT2D eigenvalue weighted by molar-refractivity contribution is -0.0629. The Hall–Kier alpha value is -0.230. The summed E-state index contributed by atoms with van der Waals surface area (Å²) in [7, 11) is -3.00. The summed E-state index contributed by atoms with van der Waals surface area (Å²) in [5.41, 5.74) is 0. The smallest absolute Gasteiger partial charge is 0.248 e. The van der Waals surface area contributed by atoms with Crippen LogP contribution in [-0.4, -0.2) is 37.6 Å². The van der Waals surface area contributed by atoms with Gasteiger partial charge >= 0.3 is 0 Å². The molecule has 0 amide bonds. The maximum absolute atomic E-state index is 12.9. The monoisotopic (exact) mass is 270 g/mol. The maximum Gasteiger partial charge on any atom is 0.248 e. The fourth-order valence-corrected chi connectivity index (χ4v) is 2.93. The lowest BCUT2D eigenvalue weighted by Crippen LogP contribution is -2.31. The molecular formula is C11H20F2O3S. The van der Waals surface area contributed by atoms with Gasteiger partial charge in [-0.3, -0.25) is 0 Å². The van der Waals surface area contributed by atoms with Crippen LogP contribution in [0, 0.1) is 5.92 Å². The van der Waals surface area contributed by atoms with Gasteiger partial charge in [-0.1, -0.05) is 0 Å². The molecule has 0 heterocycles. The molecule has 0 aliphatic heterocycles. The number of aliphatic hydroxyl groups excluding tert-OH is 1. The minimum Gasteiger partial charge on any atom is -0.393 e. The summed E-state index contributed by atoms with van der Waals surface area (Å²) in [5, 5.41) is 9.80. The molecule has 3 nitrogen and oxygen atoms in total. The Morgan fingerprint density at radius 1 is 1.35 bits per heavy atom. The maximum atomic E-state index is 12.9. The largest absolute Gasteiger partial charge is 0.393 e. The van der Waals surface area contributed by atoms with Gasteiger partial charge < -0.3 is 5.11 Å². The van der Waals surface area contributed by atoms with Gasteiger partial charge in [-0.15, -0.1) is 0 Å². The average molecular weight is 270 g/mol. The van der Waals surface area contributed by atoms with Crippen LogP contribution in [0.5, 0.6) is 0 Å². The number of aliphatic hydroxyl groups is 1. The van der Waals surface area contributed by atoms with Gasteiger partial charge in [-0.05, 0) is 31.6 Å². The van der Waals surface area contributed by atoms with Crippen LogP contribution in [0.2, 0.25) is 0 Å². The van der Waals surface area contributed by atoms with Crippen molar-refractivity contribution in [2.24, 2.45) is 5.92 Å². The number of hydrogen-bond donors (Lipinski definition) is 1. The lowest BCUT2D eigenvalue weighted by atomic mass is 9.82. The van der Waals surface area contributed by atoms with Gasteiger partial charge in [0.05, 0.1) is 6.10 Å². The molecule has 1 fully saturated rings. The van der Waals surface area contributed by atoms with E-state index in [-0.39, 0.29) is 24.5 Å². The Bertz CT molecular complexity index is 331. The summed E-state index contributed by atoms with van der Waals surface area (Å²) in [4.78, 5) is 0. The fourth-order valence-electron chi connectivity index (χ4n) is 2.24. The summed E-state index contributed by atoms with van der Waals surface area (Å²) < 4.78 is 47.6. The minimum atomic E-state index is -3.00. The molecule has 1 unspecified atom stereocenters. The van der Waals surface area contributed by atoms with E-state index in [4.69, 9.17) is 0 Å². The number of rotatable bonds is 5. The van der Waals surface area contributed by atoms with Gasteiger partial charge in [0.25, 0.3) is 0 Å². The summed E-state index contributed by atoms with van der Waals surface area (Å²) in [6.07, 6.45) is 1.60. The van der Waals surface area contributed by atoms with Gasteiger partial charge in [0.1, 0.15) is 9.84 Å². The van der Waals surface area contributed by atoms with E-state index in [0.717, 1.165) is 6.26 Å². The van der Waals surface area contributed by atoms with Gasteiger partial charge in [0, 0.05) is 24.9 Å². The van der Waals surface area contributed by atoms with E-state index in [2.05, 4.69) is 0 Å². The number of sulfone groups is 1. The molecule has 0 radical (unpaired) electrons. The summed E-state index contributed by atoms with van der Waals surface area (Å²) in [5.74, 6) is -2.63. The van der Waals surface area contributed by atoms with Crippen molar-refractivity contribution in [1.82, 2.24) is 0 Å². The van der Waals surface area contributed by atoms with Gasteiger partial charge in [0.2, 0.25) is 5.92 Å². The Morgan fingerprint density at radius 3 is 2.35 bits per heavy atom. The Labute approximate surface area is 101 Å². The Kier molecular flexibility index (Phi) is 4.89. The van der Waals surface area contributed by atoms with Crippen LogP contribution in [0.15, 0.2) is 0 Å². The van der Waals surface area contributed by atoms with E-state index >= 15 is 0 Å².